The third-order valence-electron chi connectivity index (χ3n) is 9.39. The Balaban J connectivity index is 4.45. The van der Waals surface area contributed by atoms with E-state index >= 15 is 0 Å². The number of carbonyl (C=O) groups excluding carboxylic acids is 3. The molecule has 0 heterocycles. The molecule has 0 aromatic carbocycles. The average Bonchev–Trinajstić information content (AvgIpc) is 3.14. The smallest absolute Gasteiger partial charge is 0.306 e. The number of ether oxygens (including phenoxy) is 4. The molecule has 0 bridgehead atoms. The first-order chi connectivity index (χ1) is 26.6. The Bertz CT molecular complexity index is 1000. The second-order valence-corrected chi connectivity index (χ2v) is 16.0. The van der Waals surface area contributed by atoms with Gasteiger partial charge < -0.3 is 33.3 Å². The zero-order valence-electron chi connectivity index (χ0n) is 36.0. The first kappa shape index (κ1) is 52.5. The summed E-state index contributed by atoms with van der Waals surface area (Å²) in [7, 11) is 5.90. The van der Waals surface area contributed by atoms with Gasteiger partial charge in [0.1, 0.15) is 13.2 Å². The van der Waals surface area contributed by atoms with Gasteiger partial charge in [0.15, 0.2) is 12.4 Å². The van der Waals surface area contributed by atoms with Crippen molar-refractivity contribution in [3.8, 4) is 0 Å². The van der Waals surface area contributed by atoms with Crippen LogP contribution in [0.3, 0.4) is 0 Å². The van der Waals surface area contributed by atoms with E-state index in [4.69, 9.17) is 18.9 Å². The predicted octanol–water partition coefficient (Wildman–Crippen LogP) is 10.1. The number of hydrogen-bond donors (Lipinski definition) is 0. The normalized spacial score (nSPS) is 13.3. The Morgan fingerprint density at radius 3 is 1.49 bits per heavy atom. The van der Waals surface area contributed by atoms with E-state index in [-0.39, 0.29) is 32.2 Å². The molecule has 9 nitrogen and oxygen atoms in total. The van der Waals surface area contributed by atoms with Crippen molar-refractivity contribution in [2.45, 2.75) is 193 Å². The third-order valence-corrected chi connectivity index (χ3v) is 9.39. The summed E-state index contributed by atoms with van der Waals surface area (Å²) in [5, 5.41) is 11.7. The molecule has 0 N–H and O–H groups in total. The molecule has 0 amide bonds. The van der Waals surface area contributed by atoms with Crippen LogP contribution in [0.4, 0.5) is 0 Å². The van der Waals surface area contributed by atoms with E-state index in [2.05, 4.69) is 50.3 Å². The predicted molar refractivity (Wildman–Crippen MR) is 223 cm³/mol. The summed E-state index contributed by atoms with van der Waals surface area (Å²) < 4.78 is 22.5. The van der Waals surface area contributed by atoms with Crippen LogP contribution in [0.25, 0.3) is 0 Å². The van der Waals surface area contributed by atoms with Crippen LogP contribution < -0.4 is 5.11 Å². The number of carboxylic acid groups (broad SMARTS) is 1. The monoisotopic (exact) mass is 778 g/mol. The van der Waals surface area contributed by atoms with Gasteiger partial charge in [0, 0.05) is 12.8 Å². The Hall–Kier alpha value is -2.49. The second kappa shape index (κ2) is 38.4. The van der Waals surface area contributed by atoms with Crippen molar-refractivity contribution < 1.29 is 42.9 Å². The lowest BCUT2D eigenvalue weighted by Gasteiger charge is -2.26. The third kappa shape index (κ3) is 39.5. The quantitative estimate of drug-likeness (QED) is 0.0199. The van der Waals surface area contributed by atoms with Gasteiger partial charge in [0.05, 0.1) is 40.3 Å². The van der Waals surface area contributed by atoms with E-state index in [1.165, 1.54) is 77.0 Å². The van der Waals surface area contributed by atoms with Gasteiger partial charge in [0.2, 0.25) is 0 Å². The van der Waals surface area contributed by atoms with Crippen LogP contribution in [-0.2, 0) is 33.3 Å². The Kier molecular flexibility index (Phi) is 36.6. The minimum atomic E-state index is -1.62. The van der Waals surface area contributed by atoms with Gasteiger partial charge in [-0.1, -0.05) is 153 Å². The molecular weight excluding hydrogens is 695 g/mol. The summed E-state index contributed by atoms with van der Waals surface area (Å²) in [4.78, 5) is 36.9. The number of rotatable bonds is 40. The molecule has 0 rings (SSSR count). The van der Waals surface area contributed by atoms with Gasteiger partial charge in [-0.25, -0.2) is 0 Å². The highest BCUT2D eigenvalue weighted by atomic mass is 16.7. The van der Waals surface area contributed by atoms with Gasteiger partial charge in [-0.2, -0.15) is 0 Å². The van der Waals surface area contributed by atoms with Crippen LogP contribution in [0.5, 0.6) is 0 Å². The summed E-state index contributed by atoms with van der Waals surface area (Å²) >= 11 is 0. The van der Waals surface area contributed by atoms with E-state index < -0.39 is 24.3 Å². The maximum atomic E-state index is 12.7. The fraction of sp³-hybridized carbons (Fsp3) is 0.804. The van der Waals surface area contributed by atoms with Gasteiger partial charge >= 0.3 is 11.9 Å². The molecule has 9 heteroatoms. The second-order valence-electron chi connectivity index (χ2n) is 16.0. The highest BCUT2D eigenvalue weighted by Crippen LogP contribution is 2.14. The average molecular weight is 778 g/mol. The van der Waals surface area contributed by atoms with Crippen LogP contribution >= 0.6 is 0 Å². The summed E-state index contributed by atoms with van der Waals surface area (Å²) in [5.74, 6) is -2.30. The summed E-state index contributed by atoms with van der Waals surface area (Å²) in [6.07, 6.45) is 38.8. The van der Waals surface area contributed by atoms with Crippen molar-refractivity contribution in [3.63, 3.8) is 0 Å². The molecule has 0 aliphatic rings. The van der Waals surface area contributed by atoms with Crippen LogP contribution in [0.1, 0.15) is 181 Å². The first-order valence-corrected chi connectivity index (χ1v) is 22.1. The molecule has 0 fully saturated rings. The number of carboxylic acids is 1. The fourth-order valence-electron chi connectivity index (χ4n) is 5.89. The van der Waals surface area contributed by atoms with Crippen molar-refractivity contribution in [2.75, 3.05) is 47.5 Å². The molecule has 0 aliphatic carbocycles. The molecule has 0 aromatic heterocycles. The Labute approximate surface area is 337 Å². The van der Waals surface area contributed by atoms with E-state index in [0.29, 0.717) is 23.9 Å². The van der Waals surface area contributed by atoms with Crippen LogP contribution in [0.15, 0.2) is 36.5 Å². The molecular formula is C46H83NO8. The van der Waals surface area contributed by atoms with Gasteiger partial charge in [-0.15, -0.1) is 0 Å². The van der Waals surface area contributed by atoms with Crippen LogP contribution in [0, 0.1) is 0 Å². The van der Waals surface area contributed by atoms with Crippen molar-refractivity contribution >= 4 is 17.9 Å². The minimum absolute atomic E-state index is 0.145. The van der Waals surface area contributed by atoms with E-state index in [1.54, 1.807) is 0 Å². The minimum Gasteiger partial charge on any atom is -0.545 e. The highest BCUT2D eigenvalue weighted by molar-refractivity contribution is 5.70. The molecule has 0 spiro atoms. The van der Waals surface area contributed by atoms with Crippen LogP contribution in [0.2, 0.25) is 0 Å². The summed E-state index contributed by atoms with van der Waals surface area (Å²) in [5.41, 5.74) is 0. The molecule has 0 radical (unpaired) electrons. The Morgan fingerprint density at radius 2 is 0.982 bits per heavy atom. The van der Waals surface area contributed by atoms with E-state index in [0.717, 1.165) is 70.6 Å². The number of aliphatic carboxylic acids is 1. The van der Waals surface area contributed by atoms with Gasteiger partial charge in [0.25, 0.3) is 0 Å². The van der Waals surface area contributed by atoms with Crippen molar-refractivity contribution in [1.29, 1.82) is 0 Å². The lowest BCUT2D eigenvalue weighted by atomic mass is 10.1. The highest BCUT2D eigenvalue weighted by Gasteiger charge is 2.21. The molecule has 320 valence electrons. The first-order valence-electron chi connectivity index (χ1n) is 22.1. The largest absolute Gasteiger partial charge is 0.545 e. The summed E-state index contributed by atoms with van der Waals surface area (Å²) in [6.45, 7) is 4.68. The number of nitrogens with zero attached hydrogens (tertiary/aromatic N) is 1. The van der Waals surface area contributed by atoms with Gasteiger partial charge in [-0.05, 0) is 51.4 Å². The van der Waals surface area contributed by atoms with Gasteiger partial charge in [-0.3, -0.25) is 9.59 Å². The number of unbranched alkanes of at least 4 members (excludes halogenated alkanes) is 19. The Morgan fingerprint density at radius 1 is 0.545 bits per heavy atom. The van der Waals surface area contributed by atoms with Crippen molar-refractivity contribution in [1.82, 2.24) is 0 Å². The standard InChI is InChI=1S/C46H83NO8/c1-6-8-10-12-14-16-18-19-20-21-22-23-24-25-27-29-31-33-35-37-44(49)55-42(41-54-46(45(50)51)52-39-38-47(3,4)5)40-53-43(48)36-34-32-30-28-26-17-15-13-11-9-7-2/h14,16,19-20,22-23,42,46H,6-13,15,17-18,21,24-41H2,1-5H3/b16-14-,20-19-,23-22-. The molecule has 0 saturated carbocycles. The van der Waals surface area contributed by atoms with Crippen molar-refractivity contribution in [3.05, 3.63) is 36.5 Å². The zero-order chi connectivity index (χ0) is 40.7. The lowest BCUT2D eigenvalue weighted by molar-refractivity contribution is -0.870. The van der Waals surface area contributed by atoms with Crippen molar-refractivity contribution in [2.24, 2.45) is 0 Å². The molecule has 0 saturated heterocycles. The number of esters is 2. The zero-order valence-corrected chi connectivity index (χ0v) is 36.0. The molecule has 55 heavy (non-hydrogen) atoms. The fourth-order valence-corrected chi connectivity index (χ4v) is 5.89. The van der Waals surface area contributed by atoms with E-state index in [1.807, 2.05) is 21.1 Å². The lowest BCUT2D eigenvalue weighted by Crippen LogP contribution is -2.44. The number of likely N-dealkylation sites (N-methyl/N-ethyl adjacent to an activating group) is 1. The maximum Gasteiger partial charge on any atom is 0.306 e. The number of carbonyl (C=O) groups is 3. The number of hydrogen-bond acceptors (Lipinski definition) is 8. The summed E-state index contributed by atoms with van der Waals surface area (Å²) in [6, 6.07) is 0. The number of quaternary nitrogens is 1. The molecule has 2 atom stereocenters. The van der Waals surface area contributed by atoms with E-state index in [9.17, 15) is 19.5 Å². The SMILES string of the molecule is CCCCC/C=C\C/C=C\C/C=C\CCCCCCCCC(=O)OC(COC(=O)CCCCCCCCCCCCC)COC(OCC[N+](C)(C)C)C(=O)[O-]. The molecule has 0 aromatic rings. The number of allylic oxidation sites excluding steroid dienone is 6. The van der Waals surface area contributed by atoms with Crippen LogP contribution in [-0.4, -0.2) is 82.3 Å². The molecule has 2 unspecified atom stereocenters. The molecule has 0 aliphatic heterocycles. The topological polar surface area (TPSA) is 111 Å². The maximum absolute atomic E-state index is 12.7.